The summed E-state index contributed by atoms with van der Waals surface area (Å²) in [4.78, 5) is 37.9. The van der Waals surface area contributed by atoms with Gasteiger partial charge in [-0.05, 0) is 60.9 Å². The van der Waals surface area contributed by atoms with E-state index in [1.807, 2.05) is 26.0 Å². The van der Waals surface area contributed by atoms with Crippen molar-refractivity contribution >= 4 is 23.9 Å². The van der Waals surface area contributed by atoms with Crippen molar-refractivity contribution in [3.63, 3.8) is 0 Å². The van der Waals surface area contributed by atoms with E-state index >= 15 is 0 Å². The lowest BCUT2D eigenvalue weighted by molar-refractivity contribution is -0.130. The molecule has 1 aliphatic heterocycles. The molecule has 2 heterocycles. The topological polar surface area (TPSA) is 88.8 Å². The summed E-state index contributed by atoms with van der Waals surface area (Å²) in [6.45, 7) is 3.67. The van der Waals surface area contributed by atoms with Crippen LogP contribution in [0.3, 0.4) is 0 Å². The minimum atomic E-state index is -0.767. The first-order valence-corrected chi connectivity index (χ1v) is 7.97. The van der Waals surface area contributed by atoms with Crippen molar-refractivity contribution in [1.82, 2.24) is 10.2 Å². The molecule has 0 spiro atoms. The zero-order valence-electron chi connectivity index (χ0n) is 14.7. The molecule has 0 radical (unpaired) electrons. The second kappa shape index (κ2) is 6.87. The molecule has 4 amide bonds. The molecule has 1 fully saturated rings. The van der Waals surface area contributed by atoms with E-state index < -0.39 is 17.8 Å². The molecule has 7 nitrogen and oxygen atoms in total. The molecule has 1 N–H and O–H groups in total. The first-order chi connectivity index (χ1) is 12.4. The van der Waals surface area contributed by atoms with Crippen LogP contribution in [-0.4, -0.2) is 29.9 Å². The lowest BCUT2D eigenvalue weighted by Crippen LogP contribution is -2.53. The van der Waals surface area contributed by atoms with Crippen LogP contribution in [0.25, 0.3) is 6.08 Å². The minimum Gasteiger partial charge on any atom is -0.496 e. The molecule has 134 valence electrons. The molecule has 0 aliphatic carbocycles. The second-order valence-corrected chi connectivity index (χ2v) is 5.97. The summed E-state index contributed by atoms with van der Waals surface area (Å²) < 4.78 is 10.5. The van der Waals surface area contributed by atoms with Gasteiger partial charge in [0.1, 0.15) is 17.1 Å². The minimum absolute atomic E-state index is 0.0527. The Morgan fingerprint density at radius 2 is 1.96 bits per heavy atom. The van der Waals surface area contributed by atoms with Gasteiger partial charge in [0.15, 0.2) is 0 Å². The van der Waals surface area contributed by atoms with Crippen molar-refractivity contribution < 1.29 is 23.5 Å². The fourth-order valence-electron chi connectivity index (χ4n) is 2.74. The van der Waals surface area contributed by atoms with Gasteiger partial charge in [0.05, 0.1) is 19.9 Å². The Morgan fingerprint density at radius 3 is 2.62 bits per heavy atom. The van der Waals surface area contributed by atoms with Gasteiger partial charge in [-0.1, -0.05) is 0 Å². The van der Waals surface area contributed by atoms with E-state index in [1.165, 1.54) is 12.3 Å². The van der Waals surface area contributed by atoms with Crippen molar-refractivity contribution in [2.24, 2.45) is 0 Å². The van der Waals surface area contributed by atoms with Crippen molar-refractivity contribution in [3.05, 3.63) is 58.6 Å². The smallest absolute Gasteiger partial charge is 0.331 e. The van der Waals surface area contributed by atoms with Gasteiger partial charge >= 0.3 is 6.03 Å². The molecule has 0 saturated carbocycles. The fraction of sp³-hybridized carbons (Fsp3) is 0.211. The Hall–Kier alpha value is -3.35. The summed E-state index contributed by atoms with van der Waals surface area (Å²) in [6.07, 6.45) is 2.94. The van der Waals surface area contributed by atoms with E-state index in [-0.39, 0.29) is 12.1 Å². The van der Waals surface area contributed by atoms with Crippen molar-refractivity contribution in [2.45, 2.75) is 20.4 Å². The highest BCUT2D eigenvalue weighted by Gasteiger charge is 2.36. The number of methoxy groups -OCH3 is 1. The zero-order valence-corrected chi connectivity index (χ0v) is 14.7. The average Bonchev–Trinajstić information content (AvgIpc) is 3.11. The number of ether oxygens (including phenoxy) is 1. The molecule has 0 unspecified atom stereocenters. The number of carbonyl (C=O) groups is 3. The van der Waals surface area contributed by atoms with Crippen molar-refractivity contribution in [3.8, 4) is 5.75 Å². The summed E-state index contributed by atoms with van der Waals surface area (Å²) in [6, 6.07) is 6.20. The average molecular weight is 354 g/mol. The van der Waals surface area contributed by atoms with E-state index in [1.54, 1.807) is 19.2 Å². The number of carbonyl (C=O) groups excluding carboxylic acids is 3. The van der Waals surface area contributed by atoms with Crippen molar-refractivity contribution in [1.29, 1.82) is 0 Å². The molecule has 7 heteroatoms. The molecule has 1 aromatic heterocycles. The fourth-order valence-corrected chi connectivity index (χ4v) is 2.74. The van der Waals surface area contributed by atoms with Crippen LogP contribution in [0.2, 0.25) is 0 Å². The molecule has 0 atom stereocenters. The van der Waals surface area contributed by atoms with Crippen molar-refractivity contribution in [2.75, 3.05) is 7.11 Å². The van der Waals surface area contributed by atoms with Gasteiger partial charge in [0.25, 0.3) is 11.8 Å². The van der Waals surface area contributed by atoms with E-state index in [0.717, 1.165) is 21.8 Å². The Kier molecular flexibility index (Phi) is 4.62. The molecule has 3 rings (SSSR count). The van der Waals surface area contributed by atoms with E-state index in [9.17, 15) is 14.4 Å². The van der Waals surface area contributed by atoms with E-state index in [4.69, 9.17) is 9.15 Å². The van der Waals surface area contributed by atoms with Crippen LogP contribution in [0.1, 0.15) is 22.5 Å². The number of hydrogen-bond acceptors (Lipinski definition) is 5. The Labute approximate surface area is 150 Å². The predicted molar refractivity (Wildman–Crippen MR) is 93.2 cm³/mol. The standard InChI is InChI=1S/C19H18N2O5/c1-11-8-16(25-3)12(2)7-13(11)9-15-17(22)20-19(24)21(18(15)23)10-14-5-4-6-26-14/h4-9H,10H2,1-3H3,(H,20,22,24)/b15-9+. The van der Waals surface area contributed by atoms with Gasteiger partial charge < -0.3 is 9.15 Å². The number of urea groups is 1. The number of nitrogens with zero attached hydrogens (tertiary/aromatic N) is 1. The predicted octanol–water partition coefficient (Wildman–Crippen LogP) is 2.57. The lowest BCUT2D eigenvalue weighted by Gasteiger charge is -2.25. The summed E-state index contributed by atoms with van der Waals surface area (Å²) in [5.74, 6) is -0.219. The van der Waals surface area contributed by atoms with Gasteiger partial charge in [0, 0.05) is 0 Å². The van der Waals surface area contributed by atoms with E-state index in [2.05, 4.69) is 5.32 Å². The van der Waals surface area contributed by atoms with Crippen LogP contribution < -0.4 is 10.1 Å². The van der Waals surface area contributed by atoms with Gasteiger partial charge in [-0.25, -0.2) is 4.79 Å². The van der Waals surface area contributed by atoms with Crippen LogP contribution in [0.4, 0.5) is 4.79 Å². The summed E-state index contributed by atoms with van der Waals surface area (Å²) in [5.41, 5.74) is 2.31. The maximum Gasteiger partial charge on any atom is 0.331 e. The summed E-state index contributed by atoms with van der Waals surface area (Å²) in [5, 5.41) is 2.19. The molecule has 1 aromatic carbocycles. The van der Waals surface area contributed by atoms with Crippen LogP contribution >= 0.6 is 0 Å². The summed E-state index contributed by atoms with van der Waals surface area (Å²) >= 11 is 0. The Balaban J connectivity index is 1.96. The van der Waals surface area contributed by atoms with Crippen LogP contribution in [0, 0.1) is 13.8 Å². The maximum atomic E-state index is 12.7. The van der Waals surface area contributed by atoms with Gasteiger partial charge in [0.2, 0.25) is 0 Å². The Morgan fingerprint density at radius 1 is 1.19 bits per heavy atom. The number of furan rings is 1. The lowest BCUT2D eigenvalue weighted by atomic mass is 10.0. The third-order valence-electron chi connectivity index (χ3n) is 4.16. The number of amides is 4. The number of barbiturate groups is 1. The molecule has 0 bridgehead atoms. The first-order valence-electron chi connectivity index (χ1n) is 7.97. The molecule has 1 saturated heterocycles. The quantitative estimate of drug-likeness (QED) is 0.673. The maximum absolute atomic E-state index is 12.7. The summed E-state index contributed by atoms with van der Waals surface area (Å²) in [7, 11) is 1.58. The second-order valence-electron chi connectivity index (χ2n) is 5.97. The number of nitrogens with one attached hydrogen (secondary N) is 1. The SMILES string of the molecule is COc1cc(C)c(/C=C2\C(=O)NC(=O)N(Cc3ccco3)C2=O)cc1C. The number of benzene rings is 1. The largest absolute Gasteiger partial charge is 0.496 e. The Bertz CT molecular complexity index is 912. The highest BCUT2D eigenvalue weighted by atomic mass is 16.5. The monoisotopic (exact) mass is 354 g/mol. The number of rotatable bonds is 4. The number of imide groups is 2. The van der Waals surface area contributed by atoms with Crippen LogP contribution in [0.15, 0.2) is 40.5 Å². The highest BCUT2D eigenvalue weighted by Crippen LogP contribution is 2.25. The molecule has 26 heavy (non-hydrogen) atoms. The zero-order chi connectivity index (χ0) is 18.8. The van der Waals surface area contributed by atoms with Gasteiger partial charge in [-0.2, -0.15) is 0 Å². The first kappa shape index (κ1) is 17.5. The number of aryl methyl sites for hydroxylation is 2. The normalized spacial score (nSPS) is 16.2. The van der Waals surface area contributed by atoms with E-state index in [0.29, 0.717) is 11.3 Å². The highest BCUT2D eigenvalue weighted by molar-refractivity contribution is 6.31. The third-order valence-corrected chi connectivity index (χ3v) is 4.16. The molecular weight excluding hydrogens is 336 g/mol. The third kappa shape index (κ3) is 3.23. The van der Waals surface area contributed by atoms with Gasteiger partial charge in [-0.15, -0.1) is 0 Å². The molecule has 2 aromatic rings. The van der Waals surface area contributed by atoms with Gasteiger partial charge in [-0.3, -0.25) is 19.8 Å². The van der Waals surface area contributed by atoms with Crippen LogP contribution in [0.5, 0.6) is 5.75 Å². The molecular formula is C19H18N2O5. The van der Waals surface area contributed by atoms with Crippen LogP contribution in [-0.2, 0) is 16.1 Å². The number of hydrogen-bond donors (Lipinski definition) is 1. The molecule has 1 aliphatic rings.